The Morgan fingerprint density at radius 1 is 1.14 bits per heavy atom. The van der Waals surface area contributed by atoms with Crippen LogP contribution in [0.15, 0.2) is 0 Å². The van der Waals surface area contributed by atoms with Gasteiger partial charge >= 0.3 is 0 Å². The fraction of sp³-hybridized carbons (Fsp3) is 1.00. The van der Waals surface area contributed by atoms with Gasteiger partial charge in [0.1, 0.15) is 0 Å². The third-order valence-electron chi connectivity index (χ3n) is 4.80. The van der Waals surface area contributed by atoms with Gasteiger partial charge in [0, 0.05) is 25.7 Å². The van der Waals surface area contributed by atoms with E-state index in [0.717, 1.165) is 38.6 Å². The highest BCUT2D eigenvalue weighted by Gasteiger charge is 2.29. The van der Waals surface area contributed by atoms with Gasteiger partial charge in [-0.25, -0.2) is 0 Å². The quantitative estimate of drug-likeness (QED) is 0.638. The number of hydrogen-bond donors (Lipinski definition) is 2. The minimum absolute atomic E-state index is 0.126. The molecule has 2 aliphatic carbocycles. The normalized spacial score (nSPS) is 27.2. The van der Waals surface area contributed by atoms with Gasteiger partial charge in [-0.3, -0.25) is 0 Å². The molecule has 0 saturated heterocycles. The van der Waals surface area contributed by atoms with Crippen LogP contribution in [0, 0.1) is 5.92 Å². The van der Waals surface area contributed by atoms with E-state index in [1.807, 2.05) is 0 Å². The van der Waals surface area contributed by atoms with Gasteiger partial charge in [-0.1, -0.05) is 26.2 Å². The number of rotatable bonds is 9. The van der Waals surface area contributed by atoms with Gasteiger partial charge in [-0.15, -0.1) is 0 Å². The molecule has 21 heavy (non-hydrogen) atoms. The Morgan fingerprint density at radius 3 is 2.52 bits per heavy atom. The zero-order chi connectivity index (χ0) is 15.3. The Labute approximate surface area is 130 Å². The van der Waals surface area contributed by atoms with E-state index in [1.54, 1.807) is 7.05 Å². The average molecular weight is 317 g/mol. The van der Waals surface area contributed by atoms with Crippen molar-refractivity contribution in [1.82, 2.24) is 14.3 Å². The largest absolute Gasteiger partial charge is 0.314 e. The first-order valence-corrected chi connectivity index (χ1v) is 9.94. The first-order valence-electron chi connectivity index (χ1n) is 8.50. The third-order valence-corrected chi connectivity index (χ3v) is 6.41. The molecule has 0 aromatic heterocycles. The molecule has 5 nitrogen and oxygen atoms in total. The molecule has 2 unspecified atom stereocenters. The molecule has 0 spiro atoms. The van der Waals surface area contributed by atoms with E-state index in [9.17, 15) is 8.42 Å². The number of nitrogens with one attached hydrogen (secondary N) is 2. The van der Waals surface area contributed by atoms with Crippen molar-refractivity contribution >= 4 is 10.2 Å². The Balaban J connectivity index is 1.75. The molecule has 2 atom stereocenters. The van der Waals surface area contributed by atoms with Crippen molar-refractivity contribution in [2.45, 2.75) is 70.4 Å². The van der Waals surface area contributed by atoms with E-state index in [2.05, 4.69) is 17.0 Å². The van der Waals surface area contributed by atoms with E-state index in [1.165, 1.54) is 23.6 Å². The van der Waals surface area contributed by atoms with Crippen molar-refractivity contribution < 1.29 is 8.42 Å². The second-order valence-corrected chi connectivity index (χ2v) is 8.39. The first kappa shape index (κ1) is 17.2. The fourth-order valence-corrected chi connectivity index (χ4v) is 4.39. The van der Waals surface area contributed by atoms with Crippen LogP contribution in [-0.4, -0.2) is 44.9 Å². The van der Waals surface area contributed by atoms with E-state index in [-0.39, 0.29) is 6.04 Å². The zero-order valence-corrected chi connectivity index (χ0v) is 14.3. The minimum atomic E-state index is -3.33. The summed E-state index contributed by atoms with van der Waals surface area (Å²) in [6.07, 6.45) is 8.98. The van der Waals surface area contributed by atoms with Gasteiger partial charge < -0.3 is 5.32 Å². The third kappa shape index (κ3) is 5.51. The Bertz CT molecular complexity index is 409. The smallest absolute Gasteiger partial charge is 0.279 e. The molecule has 0 aromatic rings. The predicted octanol–water partition coefficient (Wildman–Crippen LogP) is 1.86. The second-order valence-electron chi connectivity index (χ2n) is 6.59. The molecule has 0 radical (unpaired) electrons. The highest BCUT2D eigenvalue weighted by Crippen LogP contribution is 2.27. The number of hydrogen-bond acceptors (Lipinski definition) is 3. The molecule has 124 valence electrons. The van der Waals surface area contributed by atoms with Crippen molar-refractivity contribution in [3.8, 4) is 0 Å². The summed E-state index contributed by atoms with van der Waals surface area (Å²) in [7, 11) is -1.65. The van der Waals surface area contributed by atoms with E-state index >= 15 is 0 Å². The highest BCUT2D eigenvalue weighted by molar-refractivity contribution is 7.87. The van der Waals surface area contributed by atoms with Gasteiger partial charge in [0.05, 0.1) is 0 Å². The molecule has 6 heteroatoms. The summed E-state index contributed by atoms with van der Waals surface area (Å²) in [6.45, 7) is 3.65. The lowest BCUT2D eigenvalue weighted by molar-refractivity contribution is 0.277. The summed E-state index contributed by atoms with van der Waals surface area (Å²) < 4.78 is 29.2. The molecule has 2 rings (SSSR count). The monoisotopic (exact) mass is 317 g/mol. The summed E-state index contributed by atoms with van der Waals surface area (Å²) >= 11 is 0. The maximum Gasteiger partial charge on any atom is 0.279 e. The van der Waals surface area contributed by atoms with Crippen LogP contribution in [0.1, 0.15) is 58.3 Å². The molecule has 2 fully saturated rings. The van der Waals surface area contributed by atoms with Crippen LogP contribution in [0.25, 0.3) is 0 Å². The van der Waals surface area contributed by atoms with Crippen LogP contribution in [0.5, 0.6) is 0 Å². The van der Waals surface area contributed by atoms with Crippen LogP contribution < -0.4 is 10.0 Å². The second kappa shape index (κ2) is 7.90. The van der Waals surface area contributed by atoms with Gasteiger partial charge in [-0.05, 0) is 44.6 Å². The Kier molecular flexibility index (Phi) is 6.47. The SMILES string of the molecule is CCC1CCCCC1NS(=O)(=O)N(C)CCCNC1CC1. The lowest BCUT2D eigenvalue weighted by Gasteiger charge is -2.32. The summed E-state index contributed by atoms with van der Waals surface area (Å²) in [6, 6.07) is 0.818. The molecular weight excluding hydrogens is 286 g/mol. The molecule has 0 aliphatic heterocycles. The van der Waals surface area contributed by atoms with Crippen LogP contribution in [0.4, 0.5) is 0 Å². The molecule has 2 aliphatic rings. The predicted molar refractivity (Wildman–Crippen MR) is 86.4 cm³/mol. The Morgan fingerprint density at radius 2 is 1.86 bits per heavy atom. The van der Waals surface area contributed by atoms with Gasteiger partial charge in [0.25, 0.3) is 10.2 Å². The Hall–Kier alpha value is -0.170. The molecule has 0 heterocycles. The number of nitrogens with zero attached hydrogens (tertiary/aromatic N) is 1. The summed E-state index contributed by atoms with van der Waals surface area (Å²) in [5, 5.41) is 3.42. The molecule has 2 saturated carbocycles. The lowest BCUT2D eigenvalue weighted by Crippen LogP contribution is -2.48. The van der Waals surface area contributed by atoms with Crippen molar-refractivity contribution in [3.05, 3.63) is 0 Å². The highest BCUT2D eigenvalue weighted by atomic mass is 32.2. The van der Waals surface area contributed by atoms with Crippen LogP contribution >= 0.6 is 0 Å². The average Bonchev–Trinajstić information content (AvgIpc) is 3.27. The van der Waals surface area contributed by atoms with Crippen molar-refractivity contribution in [1.29, 1.82) is 0 Å². The maximum atomic E-state index is 12.4. The van der Waals surface area contributed by atoms with E-state index in [4.69, 9.17) is 0 Å². The van der Waals surface area contributed by atoms with Crippen LogP contribution in [0.2, 0.25) is 0 Å². The zero-order valence-electron chi connectivity index (χ0n) is 13.5. The molecule has 0 bridgehead atoms. The summed E-state index contributed by atoms with van der Waals surface area (Å²) in [5.74, 6) is 0.499. The summed E-state index contributed by atoms with van der Waals surface area (Å²) in [5.41, 5.74) is 0. The first-order chi connectivity index (χ1) is 10.0. The van der Waals surface area contributed by atoms with Gasteiger partial charge in [-0.2, -0.15) is 17.4 Å². The van der Waals surface area contributed by atoms with Crippen molar-refractivity contribution in [3.63, 3.8) is 0 Å². The molecular formula is C15H31N3O2S. The summed E-state index contributed by atoms with van der Waals surface area (Å²) in [4.78, 5) is 0. The lowest BCUT2D eigenvalue weighted by atomic mass is 9.83. The molecule has 0 aromatic carbocycles. The van der Waals surface area contributed by atoms with Gasteiger partial charge in [0.2, 0.25) is 0 Å². The molecule has 2 N–H and O–H groups in total. The van der Waals surface area contributed by atoms with E-state index < -0.39 is 10.2 Å². The topological polar surface area (TPSA) is 61.4 Å². The van der Waals surface area contributed by atoms with Crippen molar-refractivity contribution in [2.24, 2.45) is 5.92 Å². The van der Waals surface area contributed by atoms with Crippen molar-refractivity contribution in [2.75, 3.05) is 20.1 Å². The molecule has 0 amide bonds. The maximum absolute atomic E-state index is 12.4. The van der Waals surface area contributed by atoms with E-state index in [0.29, 0.717) is 18.5 Å². The standard InChI is InChI=1S/C15H31N3O2S/c1-3-13-7-4-5-8-15(13)17-21(19,20)18(2)12-6-11-16-14-9-10-14/h13-17H,3-12H2,1-2H3. The van der Waals surface area contributed by atoms with Crippen LogP contribution in [-0.2, 0) is 10.2 Å². The minimum Gasteiger partial charge on any atom is -0.314 e. The fourth-order valence-electron chi connectivity index (χ4n) is 3.15. The van der Waals surface area contributed by atoms with Crippen LogP contribution in [0.3, 0.4) is 0 Å². The van der Waals surface area contributed by atoms with Gasteiger partial charge in [0.15, 0.2) is 0 Å².